The normalized spacial score (nSPS) is 10.4. The summed E-state index contributed by atoms with van der Waals surface area (Å²) < 4.78 is 1.04. The summed E-state index contributed by atoms with van der Waals surface area (Å²) in [7, 11) is 0. The molecule has 1 heterocycles. The van der Waals surface area contributed by atoms with Crippen LogP contribution in [0.1, 0.15) is 5.82 Å². The van der Waals surface area contributed by atoms with Gasteiger partial charge in [-0.05, 0) is 18.2 Å². The van der Waals surface area contributed by atoms with Gasteiger partial charge in [-0.2, -0.15) is 0 Å². The predicted molar refractivity (Wildman–Crippen MR) is 66.0 cm³/mol. The Morgan fingerprint density at radius 2 is 1.88 bits per heavy atom. The van der Waals surface area contributed by atoms with Crippen LogP contribution in [-0.2, 0) is 6.42 Å². The average molecular weight is 279 g/mol. The van der Waals surface area contributed by atoms with E-state index in [1.54, 1.807) is 6.20 Å². The van der Waals surface area contributed by atoms with Gasteiger partial charge in [0, 0.05) is 22.7 Å². The van der Waals surface area contributed by atoms with Crippen LogP contribution < -0.4 is 0 Å². The first kappa shape index (κ1) is 11.2. The van der Waals surface area contributed by atoms with E-state index in [9.17, 15) is 0 Å². The van der Waals surface area contributed by atoms with Crippen molar-refractivity contribution in [1.29, 1.82) is 0 Å². The number of nitrogens with zero attached hydrogens (tertiary/aromatic N) is 2. The lowest BCUT2D eigenvalue weighted by Crippen LogP contribution is -1.99. The Bertz CT molecular complexity index is 471. The molecule has 0 atom stereocenters. The fourth-order valence-corrected chi connectivity index (χ4v) is 1.67. The Kier molecular flexibility index (Phi) is 3.64. The molecule has 4 heteroatoms. The van der Waals surface area contributed by atoms with Crippen LogP contribution in [0.15, 0.2) is 41.0 Å². The van der Waals surface area contributed by atoms with Crippen molar-refractivity contribution in [2.45, 2.75) is 6.42 Å². The van der Waals surface area contributed by atoms with Crippen molar-refractivity contribution in [2.75, 3.05) is 6.61 Å². The summed E-state index contributed by atoms with van der Waals surface area (Å²) in [4.78, 5) is 8.47. The van der Waals surface area contributed by atoms with Gasteiger partial charge in [0.05, 0.1) is 12.3 Å². The van der Waals surface area contributed by atoms with Crippen molar-refractivity contribution < 1.29 is 5.11 Å². The van der Waals surface area contributed by atoms with Gasteiger partial charge in [-0.3, -0.25) is 0 Å². The Morgan fingerprint density at radius 1 is 1.12 bits per heavy atom. The number of benzene rings is 1. The van der Waals surface area contributed by atoms with E-state index < -0.39 is 0 Å². The molecule has 3 nitrogen and oxygen atoms in total. The van der Waals surface area contributed by atoms with Gasteiger partial charge in [-0.25, -0.2) is 9.97 Å². The Hall–Kier alpha value is -1.26. The monoisotopic (exact) mass is 278 g/mol. The van der Waals surface area contributed by atoms with Gasteiger partial charge < -0.3 is 5.11 Å². The Labute approximate surface area is 102 Å². The smallest absolute Gasteiger partial charge is 0.131 e. The van der Waals surface area contributed by atoms with Crippen LogP contribution in [-0.4, -0.2) is 21.7 Å². The minimum absolute atomic E-state index is 0.0732. The molecule has 0 amide bonds. The predicted octanol–water partition coefficient (Wildman–Crippen LogP) is 2.44. The van der Waals surface area contributed by atoms with Crippen molar-refractivity contribution in [1.82, 2.24) is 9.97 Å². The van der Waals surface area contributed by atoms with Crippen molar-refractivity contribution in [3.05, 3.63) is 46.8 Å². The maximum atomic E-state index is 8.83. The lowest BCUT2D eigenvalue weighted by molar-refractivity contribution is 0.296. The van der Waals surface area contributed by atoms with E-state index in [1.807, 2.05) is 30.3 Å². The van der Waals surface area contributed by atoms with Gasteiger partial charge >= 0.3 is 0 Å². The number of aliphatic hydroxyl groups is 1. The fourth-order valence-electron chi connectivity index (χ4n) is 1.40. The summed E-state index contributed by atoms with van der Waals surface area (Å²) >= 11 is 3.39. The van der Waals surface area contributed by atoms with E-state index in [-0.39, 0.29) is 6.61 Å². The molecule has 0 unspecified atom stereocenters. The molecular weight excluding hydrogens is 268 g/mol. The minimum Gasteiger partial charge on any atom is -0.396 e. The highest BCUT2D eigenvalue weighted by atomic mass is 79.9. The molecule has 2 rings (SSSR count). The van der Waals surface area contributed by atoms with Gasteiger partial charge in [-0.15, -0.1) is 0 Å². The zero-order valence-corrected chi connectivity index (χ0v) is 10.2. The zero-order chi connectivity index (χ0) is 11.4. The highest BCUT2D eigenvalue weighted by molar-refractivity contribution is 9.10. The van der Waals surface area contributed by atoms with Crippen molar-refractivity contribution >= 4 is 15.9 Å². The van der Waals surface area contributed by atoms with Crippen LogP contribution in [0.4, 0.5) is 0 Å². The minimum atomic E-state index is 0.0732. The molecule has 2 aromatic rings. The van der Waals surface area contributed by atoms with Crippen molar-refractivity contribution in [3.8, 4) is 11.3 Å². The third kappa shape index (κ3) is 2.65. The molecule has 0 saturated heterocycles. The van der Waals surface area contributed by atoms with Crippen LogP contribution >= 0.6 is 15.9 Å². The SMILES string of the molecule is OCCc1nccc(-c2ccc(Br)cc2)n1. The molecule has 0 fully saturated rings. The van der Waals surface area contributed by atoms with Crippen LogP contribution in [0.2, 0.25) is 0 Å². The largest absolute Gasteiger partial charge is 0.396 e. The zero-order valence-electron chi connectivity index (χ0n) is 8.60. The van der Waals surface area contributed by atoms with Crippen molar-refractivity contribution in [2.24, 2.45) is 0 Å². The number of aromatic nitrogens is 2. The number of aliphatic hydroxyl groups excluding tert-OH is 1. The third-order valence-corrected chi connectivity index (χ3v) is 2.71. The maximum absolute atomic E-state index is 8.83. The molecule has 1 aromatic carbocycles. The van der Waals surface area contributed by atoms with Crippen molar-refractivity contribution in [3.63, 3.8) is 0 Å². The van der Waals surface area contributed by atoms with Gasteiger partial charge in [0.1, 0.15) is 5.82 Å². The molecule has 16 heavy (non-hydrogen) atoms. The van der Waals surface area contributed by atoms with E-state index >= 15 is 0 Å². The maximum Gasteiger partial charge on any atom is 0.131 e. The van der Waals surface area contributed by atoms with E-state index in [2.05, 4.69) is 25.9 Å². The molecule has 1 aromatic heterocycles. The molecule has 0 aliphatic carbocycles. The Morgan fingerprint density at radius 3 is 2.56 bits per heavy atom. The Balaban J connectivity index is 2.32. The van der Waals surface area contributed by atoms with Gasteiger partial charge in [-0.1, -0.05) is 28.1 Å². The second-order valence-corrected chi connectivity index (χ2v) is 4.25. The summed E-state index contributed by atoms with van der Waals surface area (Å²) in [5, 5.41) is 8.83. The molecular formula is C12H11BrN2O. The van der Waals surface area contributed by atoms with E-state index in [0.717, 1.165) is 15.7 Å². The molecule has 0 bridgehead atoms. The highest BCUT2D eigenvalue weighted by Gasteiger charge is 2.01. The van der Waals surface area contributed by atoms with E-state index in [4.69, 9.17) is 5.11 Å². The highest BCUT2D eigenvalue weighted by Crippen LogP contribution is 2.19. The summed E-state index contributed by atoms with van der Waals surface area (Å²) in [6.07, 6.45) is 2.21. The second-order valence-electron chi connectivity index (χ2n) is 3.34. The van der Waals surface area contributed by atoms with Gasteiger partial charge in [0.15, 0.2) is 0 Å². The number of rotatable bonds is 3. The van der Waals surface area contributed by atoms with Crippen LogP contribution in [0.3, 0.4) is 0 Å². The summed E-state index contributed by atoms with van der Waals surface area (Å²) in [5.41, 5.74) is 1.93. The number of halogens is 1. The average Bonchev–Trinajstić information content (AvgIpc) is 2.31. The lowest BCUT2D eigenvalue weighted by Gasteiger charge is -2.03. The summed E-state index contributed by atoms with van der Waals surface area (Å²) in [6, 6.07) is 9.81. The van der Waals surface area contributed by atoms with Crippen LogP contribution in [0.25, 0.3) is 11.3 Å². The molecule has 0 radical (unpaired) electrons. The lowest BCUT2D eigenvalue weighted by atomic mass is 10.1. The topological polar surface area (TPSA) is 46.0 Å². The van der Waals surface area contributed by atoms with E-state index in [1.165, 1.54) is 0 Å². The molecule has 0 spiro atoms. The van der Waals surface area contributed by atoms with Crippen LogP contribution in [0.5, 0.6) is 0 Å². The molecule has 82 valence electrons. The van der Waals surface area contributed by atoms with E-state index in [0.29, 0.717) is 12.2 Å². The first-order valence-corrected chi connectivity index (χ1v) is 5.77. The second kappa shape index (κ2) is 5.18. The molecule has 0 saturated carbocycles. The number of hydrogen-bond acceptors (Lipinski definition) is 3. The quantitative estimate of drug-likeness (QED) is 0.938. The number of hydrogen-bond donors (Lipinski definition) is 1. The van der Waals surface area contributed by atoms with Gasteiger partial charge in [0.25, 0.3) is 0 Å². The molecule has 0 aliphatic rings. The van der Waals surface area contributed by atoms with Gasteiger partial charge in [0.2, 0.25) is 0 Å². The van der Waals surface area contributed by atoms with Crippen LogP contribution in [0, 0.1) is 0 Å². The fraction of sp³-hybridized carbons (Fsp3) is 0.167. The first-order valence-electron chi connectivity index (χ1n) is 4.98. The molecule has 1 N–H and O–H groups in total. The summed E-state index contributed by atoms with van der Waals surface area (Å²) in [5.74, 6) is 0.669. The molecule has 0 aliphatic heterocycles. The first-order chi connectivity index (χ1) is 7.79. The summed E-state index contributed by atoms with van der Waals surface area (Å²) in [6.45, 7) is 0.0732. The third-order valence-electron chi connectivity index (χ3n) is 2.18. The standard InChI is InChI=1S/C12H11BrN2O/c13-10-3-1-9(2-4-10)11-5-7-14-12(15-11)6-8-16/h1-5,7,16H,6,8H2.